The van der Waals surface area contributed by atoms with Gasteiger partial charge < -0.3 is 15.0 Å². The maximum absolute atomic E-state index is 12.6. The number of thiazole rings is 1. The molecular formula is C23H24ClN3O2S. The molecule has 1 atom stereocenters. The molecule has 1 amide bonds. The van der Waals surface area contributed by atoms with Gasteiger partial charge >= 0.3 is 0 Å². The Kier molecular flexibility index (Phi) is 6.55. The van der Waals surface area contributed by atoms with E-state index in [0.29, 0.717) is 30.4 Å². The molecule has 2 aromatic carbocycles. The predicted molar refractivity (Wildman–Crippen MR) is 122 cm³/mol. The highest BCUT2D eigenvalue weighted by Crippen LogP contribution is 2.29. The summed E-state index contributed by atoms with van der Waals surface area (Å²) in [6, 6.07) is 13.3. The Labute approximate surface area is 185 Å². The molecule has 1 unspecified atom stereocenters. The van der Waals surface area contributed by atoms with Crippen LogP contribution in [0.1, 0.15) is 28.0 Å². The zero-order chi connectivity index (χ0) is 20.9. The molecule has 0 spiro atoms. The highest BCUT2D eigenvalue weighted by Gasteiger charge is 2.24. The minimum atomic E-state index is -0.0773. The van der Waals surface area contributed by atoms with Crippen molar-refractivity contribution in [2.24, 2.45) is 5.92 Å². The second kappa shape index (κ2) is 9.49. The second-order valence-electron chi connectivity index (χ2n) is 7.54. The Hall–Kier alpha value is -2.57. The van der Waals surface area contributed by atoms with Crippen molar-refractivity contribution in [2.75, 3.05) is 24.5 Å². The smallest absolute Gasteiger partial charge is 0.251 e. The highest BCUT2D eigenvalue weighted by atomic mass is 35.5. The summed E-state index contributed by atoms with van der Waals surface area (Å²) in [4.78, 5) is 19.2. The van der Waals surface area contributed by atoms with Gasteiger partial charge in [0.2, 0.25) is 0 Å². The molecule has 4 rings (SSSR count). The fourth-order valence-electron chi connectivity index (χ4n) is 3.67. The maximum Gasteiger partial charge on any atom is 0.251 e. The SMILES string of the molecule is Cc1ccc(Cl)cc1N1CCC(CNC(=O)c2cccc(OCc3cscn3)c2)C1. The minimum Gasteiger partial charge on any atom is -0.487 e. The van der Waals surface area contributed by atoms with Crippen molar-refractivity contribution in [1.82, 2.24) is 10.3 Å². The van der Waals surface area contributed by atoms with Crippen molar-refractivity contribution in [1.29, 1.82) is 0 Å². The molecule has 1 saturated heterocycles. The number of hydrogen-bond acceptors (Lipinski definition) is 5. The van der Waals surface area contributed by atoms with Crippen LogP contribution in [-0.4, -0.2) is 30.5 Å². The van der Waals surface area contributed by atoms with E-state index >= 15 is 0 Å². The van der Waals surface area contributed by atoms with E-state index in [9.17, 15) is 4.79 Å². The number of nitrogens with zero attached hydrogens (tertiary/aromatic N) is 2. The fourth-order valence-corrected chi connectivity index (χ4v) is 4.38. The van der Waals surface area contributed by atoms with Gasteiger partial charge in [0.05, 0.1) is 11.2 Å². The summed E-state index contributed by atoms with van der Waals surface area (Å²) in [6.07, 6.45) is 1.04. The number of benzene rings is 2. The van der Waals surface area contributed by atoms with E-state index in [1.165, 1.54) is 22.6 Å². The lowest BCUT2D eigenvalue weighted by Crippen LogP contribution is -2.31. The topological polar surface area (TPSA) is 54.5 Å². The summed E-state index contributed by atoms with van der Waals surface area (Å²) in [5.74, 6) is 1.00. The van der Waals surface area contributed by atoms with Crippen molar-refractivity contribution >= 4 is 34.5 Å². The van der Waals surface area contributed by atoms with Gasteiger partial charge in [-0.2, -0.15) is 0 Å². The van der Waals surface area contributed by atoms with Gasteiger partial charge in [-0.05, 0) is 55.2 Å². The molecule has 1 aliphatic rings. The van der Waals surface area contributed by atoms with Gasteiger partial charge in [-0.3, -0.25) is 4.79 Å². The first kappa shape index (κ1) is 20.7. The number of carbonyl (C=O) groups is 1. The third-order valence-corrected chi connectivity index (χ3v) is 6.19. The first-order valence-corrected chi connectivity index (χ1v) is 11.3. The number of halogens is 1. The Balaban J connectivity index is 1.29. The fraction of sp³-hybridized carbons (Fsp3) is 0.304. The van der Waals surface area contributed by atoms with Crippen molar-refractivity contribution in [3.8, 4) is 5.75 Å². The Bertz CT molecular complexity index is 1010. The van der Waals surface area contributed by atoms with E-state index in [1.54, 1.807) is 17.6 Å². The number of ether oxygens (including phenoxy) is 1. The number of nitrogens with one attached hydrogen (secondary N) is 1. The Morgan fingerprint density at radius 1 is 1.33 bits per heavy atom. The van der Waals surface area contributed by atoms with E-state index in [0.717, 1.165) is 30.2 Å². The van der Waals surface area contributed by atoms with E-state index in [2.05, 4.69) is 28.2 Å². The third kappa shape index (κ3) is 5.12. The van der Waals surface area contributed by atoms with Crippen molar-refractivity contribution in [2.45, 2.75) is 20.0 Å². The van der Waals surface area contributed by atoms with Gasteiger partial charge in [0.1, 0.15) is 12.4 Å². The molecule has 0 radical (unpaired) electrons. The van der Waals surface area contributed by atoms with Gasteiger partial charge in [0.15, 0.2) is 0 Å². The van der Waals surface area contributed by atoms with Crippen LogP contribution in [0.2, 0.25) is 5.02 Å². The molecule has 3 aromatic rings. The Morgan fingerprint density at radius 2 is 2.23 bits per heavy atom. The Morgan fingerprint density at radius 3 is 3.07 bits per heavy atom. The molecule has 1 aromatic heterocycles. The zero-order valence-electron chi connectivity index (χ0n) is 16.8. The minimum absolute atomic E-state index is 0.0773. The number of aryl methyl sites for hydroxylation is 1. The summed E-state index contributed by atoms with van der Waals surface area (Å²) in [6.45, 7) is 5.04. The van der Waals surface area contributed by atoms with Gasteiger partial charge in [-0.15, -0.1) is 11.3 Å². The molecule has 7 heteroatoms. The first-order chi connectivity index (χ1) is 14.6. The van der Waals surface area contributed by atoms with Crippen LogP contribution in [0.3, 0.4) is 0 Å². The van der Waals surface area contributed by atoms with E-state index in [-0.39, 0.29) is 5.91 Å². The van der Waals surface area contributed by atoms with Crippen LogP contribution in [0.25, 0.3) is 0 Å². The van der Waals surface area contributed by atoms with Gasteiger partial charge in [0, 0.05) is 41.3 Å². The molecule has 30 heavy (non-hydrogen) atoms. The predicted octanol–water partition coefficient (Wildman–Crippen LogP) is 4.94. The molecule has 0 bridgehead atoms. The molecule has 0 saturated carbocycles. The summed E-state index contributed by atoms with van der Waals surface area (Å²) >= 11 is 7.71. The number of hydrogen-bond donors (Lipinski definition) is 1. The summed E-state index contributed by atoms with van der Waals surface area (Å²) in [5, 5.41) is 5.78. The average molecular weight is 442 g/mol. The summed E-state index contributed by atoms with van der Waals surface area (Å²) in [5.41, 5.74) is 5.67. The number of carbonyl (C=O) groups excluding carboxylic acids is 1. The van der Waals surface area contributed by atoms with E-state index < -0.39 is 0 Å². The molecule has 1 aliphatic heterocycles. The van der Waals surface area contributed by atoms with Crippen molar-refractivity contribution in [3.63, 3.8) is 0 Å². The number of rotatable bonds is 7. The van der Waals surface area contributed by atoms with E-state index in [1.807, 2.05) is 29.6 Å². The molecule has 156 valence electrons. The van der Waals surface area contributed by atoms with Crippen molar-refractivity contribution < 1.29 is 9.53 Å². The average Bonchev–Trinajstić information content (AvgIpc) is 3.44. The first-order valence-electron chi connectivity index (χ1n) is 9.98. The lowest BCUT2D eigenvalue weighted by atomic mass is 10.1. The van der Waals surface area contributed by atoms with Crippen molar-refractivity contribution in [3.05, 3.63) is 75.2 Å². The number of anilines is 1. The standard InChI is InChI=1S/C23H24ClN3O2S/c1-16-5-6-19(24)10-22(16)27-8-7-17(12-27)11-25-23(28)18-3-2-4-21(9-18)29-13-20-14-30-15-26-20/h2-6,9-10,14-15,17H,7-8,11-13H2,1H3,(H,25,28). The molecule has 1 N–H and O–H groups in total. The molecule has 0 aliphatic carbocycles. The van der Waals surface area contributed by atoms with Gasteiger partial charge in [0.25, 0.3) is 5.91 Å². The zero-order valence-corrected chi connectivity index (χ0v) is 18.4. The number of amides is 1. The summed E-state index contributed by atoms with van der Waals surface area (Å²) in [7, 11) is 0. The third-order valence-electron chi connectivity index (χ3n) is 5.32. The quantitative estimate of drug-likeness (QED) is 0.564. The second-order valence-corrected chi connectivity index (χ2v) is 8.69. The monoisotopic (exact) mass is 441 g/mol. The largest absolute Gasteiger partial charge is 0.487 e. The van der Waals surface area contributed by atoms with Crippen LogP contribution in [-0.2, 0) is 6.61 Å². The van der Waals surface area contributed by atoms with Crippen LogP contribution < -0.4 is 15.0 Å². The van der Waals surface area contributed by atoms with Crippen LogP contribution in [0.15, 0.2) is 53.4 Å². The highest BCUT2D eigenvalue weighted by molar-refractivity contribution is 7.07. The van der Waals surface area contributed by atoms with Crippen LogP contribution in [0.5, 0.6) is 5.75 Å². The molecule has 2 heterocycles. The lowest BCUT2D eigenvalue weighted by Gasteiger charge is -2.21. The number of aromatic nitrogens is 1. The lowest BCUT2D eigenvalue weighted by molar-refractivity contribution is 0.0947. The summed E-state index contributed by atoms with van der Waals surface area (Å²) < 4.78 is 5.75. The maximum atomic E-state index is 12.6. The molecular weight excluding hydrogens is 418 g/mol. The van der Waals surface area contributed by atoms with E-state index in [4.69, 9.17) is 16.3 Å². The van der Waals surface area contributed by atoms with Crippen LogP contribution in [0.4, 0.5) is 5.69 Å². The van der Waals surface area contributed by atoms with Crippen LogP contribution in [0, 0.1) is 12.8 Å². The molecule has 5 nitrogen and oxygen atoms in total. The van der Waals surface area contributed by atoms with Gasteiger partial charge in [-0.1, -0.05) is 23.7 Å². The van der Waals surface area contributed by atoms with Crippen LogP contribution >= 0.6 is 22.9 Å². The van der Waals surface area contributed by atoms with Gasteiger partial charge in [-0.25, -0.2) is 4.98 Å². The molecule has 1 fully saturated rings. The normalized spacial score (nSPS) is 15.9.